The van der Waals surface area contributed by atoms with Crippen molar-refractivity contribution in [2.24, 2.45) is 10.8 Å². The minimum Gasteiger partial charge on any atom is -0.150 e. The Morgan fingerprint density at radius 1 is 0.435 bits per heavy atom. The van der Waals surface area contributed by atoms with Crippen LogP contribution in [0.4, 0.5) is 0 Å². The molecule has 6 nitrogen and oxygen atoms in total. The molecule has 0 atom stereocenters. The molecule has 0 saturated carbocycles. The van der Waals surface area contributed by atoms with Crippen LogP contribution in [-0.4, -0.2) is 30.0 Å². The summed E-state index contributed by atoms with van der Waals surface area (Å²) >= 11 is 0. The van der Waals surface area contributed by atoms with Crippen LogP contribution in [0.15, 0.2) is 84.9 Å². The van der Waals surface area contributed by atoms with Gasteiger partial charge in [-0.05, 0) is 105 Å². The van der Waals surface area contributed by atoms with Gasteiger partial charge in [0.15, 0.2) is 0 Å². The first-order valence-electron chi connectivity index (χ1n) is 16.4. The van der Waals surface area contributed by atoms with Crippen LogP contribution >= 0.6 is 0 Å². The van der Waals surface area contributed by atoms with Gasteiger partial charge in [-0.1, -0.05) is 106 Å². The van der Waals surface area contributed by atoms with Gasteiger partial charge in [0.25, 0.3) is 0 Å². The number of nitrogens with zero attached hydrogens (tertiary/aromatic N) is 6. The summed E-state index contributed by atoms with van der Waals surface area (Å²) in [5.41, 5.74) is 10.4. The number of fused-ring (bicyclic) bond motifs is 2. The van der Waals surface area contributed by atoms with Crippen molar-refractivity contribution in [2.45, 2.75) is 92.9 Å². The molecule has 6 aromatic rings. The zero-order chi connectivity index (χ0) is 33.1. The van der Waals surface area contributed by atoms with Crippen molar-refractivity contribution in [3.8, 4) is 22.5 Å². The third kappa shape index (κ3) is 6.76. The van der Waals surface area contributed by atoms with Crippen LogP contribution < -0.4 is 0 Å². The van der Waals surface area contributed by atoms with Crippen molar-refractivity contribution in [2.75, 3.05) is 0 Å². The lowest BCUT2D eigenvalue weighted by Gasteiger charge is -2.34. The van der Waals surface area contributed by atoms with Crippen molar-refractivity contribution in [1.82, 2.24) is 30.0 Å². The summed E-state index contributed by atoms with van der Waals surface area (Å²) in [7, 11) is 0. The van der Waals surface area contributed by atoms with Crippen molar-refractivity contribution in [1.29, 1.82) is 0 Å². The largest absolute Gasteiger partial charge is 0.150 e. The molecule has 6 rings (SSSR count). The monoisotopic (exact) mass is 612 g/mol. The Hall–Kier alpha value is -4.32. The highest BCUT2D eigenvalue weighted by Crippen LogP contribution is 2.41. The summed E-state index contributed by atoms with van der Waals surface area (Å²) in [5.74, 6) is 0. The second-order valence-corrected chi connectivity index (χ2v) is 16.7. The summed E-state index contributed by atoms with van der Waals surface area (Å²) < 4.78 is 0. The summed E-state index contributed by atoms with van der Waals surface area (Å²) in [6.45, 7) is 23.3. The van der Waals surface area contributed by atoms with Crippen molar-refractivity contribution < 1.29 is 0 Å². The number of rotatable bonds is 7. The predicted octanol–water partition coefficient (Wildman–Crippen LogP) is 10.2. The van der Waals surface area contributed by atoms with E-state index in [4.69, 9.17) is 20.4 Å². The Morgan fingerprint density at radius 2 is 0.739 bits per heavy atom. The molecule has 2 heterocycles. The van der Waals surface area contributed by atoms with Gasteiger partial charge in [-0.2, -0.15) is 9.59 Å². The topological polar surface area (TPSA) is 61.4 Å². The van der Waals surface area contributed by atoms with Gasteiger partial charge < -0.3 is 0 Å². The van der Waals surface area contributed by atoms with Crippen LogP contribution in [0, 0.1) is 10.8 Å². The first-order chi connectivity index (χ1) is 21.5. The maximum absolute atomic E-state index is 4.88. The molecule has 0 saturated heterocycles. The van der Waals surface area contributed by atoms with Gasteiger partial charge in [-0.3, -0.25) is 0 Å². The molecule has 0 spiro atoms. The third-order valence-corrected chi connectivity index (χ3v) is 8.71. The molecule has 2 aromatic heterocycles. The summed E-state index contributed by atoms with van der Waals surface area (Å²) in [5, 5.41) is 19.5. The minimum atomic E-state index is -0.0806. The Labute approximate surface area is 273 Å². The van der Waals surface area contributed by atoms with Crippen LogP contribution in [0.25, 0.3) is 44.6 Å². The molecule has 0 radical (unpaired) electrons. The van der Waals surface area contributed by atoms with E-state index in [1.165, 1.54) is 11.1 Å². The predicted molar refractivity (Wildman–Crippen MR) is 191 cm³/mol. The maximum Gasteiger partial charge on any atom is 0.113 e. The van der Waals surface area contributed by atoms with E-state index in [1.807, 2.05) is 48.5 Å². The number of aromatic nitrogens is 6. The van der Waals surface area contributed by atoms with E-state index in [9.17, 15) is 0 Å². The van der Waals surface area contributed by atoms with Gasteiger partial charge in [-0.25, -0.2) is 0 Å². The first kappa shape index (κ1) is 31.7. The van der Waals surface area contributed by atoms with E-state index in [0.29, 0.717) is 0 Å². The van der Waals surface area contributed by atoms with E-state index in [0.717, 1.165) is 57.4 Å². The number of benzene rings is 4. The van der Waals surface area contributed by atoms with E-state index >= 15 is 0 Å². The Morgan fingerprint density at radius 3 is 1.02 bits per heavy atom. The van der Waals surface area contributed by atoms with Crippen LogP contribution in [0.3, 0.4) is 0 Å². The fraction of sp³-hybridized carbons (Fsp3) is 0.400. The van der Waals surface area contributed by atoms with Gasteiger partial charge in [-0.15, -0.1) is 20.4 Å². The number of hydrogen-bond donors (Lipinski definition) is 0. The molecule has 0 aliphatic carbocycles. The van der Waals surface area contributed by atoms with Gasteiger partial charge in [0.1, 0.15) is 22.1 Å². The fourth-order valence-electron chi connectivity index (χ4n) is 7.37. The molecule has 0 N–H and O–H groups in total. The standard InChI is InChI=1S/C40H48N6/c1-37(2,3)25-39(7,8)29-19-27(21-31(23-29)45-41-33-15-11-12-16-34(33)42-45)28-20-30(40(9,10)26-38(4,5)6)24-32(22-28)46-43-35-17-13-14-18-36(35)44-46/h11-24H,25-26H2,1-10H3. The lowest BCUT2D eigenvalue weighted by Crippen LogP contribution is -2.25. The highest BCUT2D eigenvalue weighted by Gasteiger charge is 2.30. The first-order valence-corrected chi connectivity index (χ1v) is 16.4. The Bertz CT molecular complexity index is 1810. The second kappa shape index (κ2) is 11.2. The summed E-state index contributed by atoms with van der Waals surface area (Å²) in [4.78, 5) is 3.59. The van der Waals surface area contributed by atoms with E-state index < -0.39 is 0 Å². The molecular weight excluding hydrogens is 564 g/mol. The van der Waals surface area contributed by atoms with Gasteiger partial charge in [0.05, 0.1) is 11.4 Å². The lowest BCUT2D eigenvalue weighted by atomic mass is 9.71. The maximum atomic E-state index is 4.88. The zero-order valence-corrected chi connectivity index (χ0v) is 29.2. The molecule has 0 unspecified atom stereocenters. The summed E-state index contributed by atoms with van der Waals surface area (Å²) in [6, 6.07) is 29.8. The highest BCUT2D eigenvalue weighted by molar-refractivity contribution is 5.76. The van der Waals surface area contributed by atoms with Gasteiger partial charge >= 0.3 is 0 Å². The second-order valence-electron chi connectivity index (χ2n) is 16.7. The van der Waals surface area contributed by atoms with E-state index in [2.05, 4.69) is 106 Å². The average Bonchev–Trinajstić information content (AvgIpc) is 3.59. The van der Waals surface area contributed by atoms with Crippen molar-refractivity contribution >= 4 is 22.1 Å². The Balaban J connectivity index is 1.58. The molecule has 0 bridgehead atoms. The fourth-order valence-corrected chi connectivity index (χ4v) is 7.37. The molecule has 0 aliphatic rings. The molecule has 4 aromatic carbocycles. The zero-order valence-electron chi connectivity index (χ0n) is 29.2. The molecule has 0 amide bonds. The molecule has 0 fully saturated rings. The molecule has 238 valence electrons. The van der Waals surface area contributed by atoms with Crippen molar-refractivity contribution in [3.63, 3.8) is 0 Å². The van der Waals surface area contributed by atoms with Crippen LogP contribution in [0.1, 0.15) is 93.2 Å². The normalized spacial score (nSPS) is 13.2. The smallest absolute Gasteiger partial charge is 0.113 e. The van der Waals surface area contributed by atoms with E-state index in [-0.39, 0.29) is 21.7 Å². The quantitative estimate of drug-likeness (QED) is 0.180. The van der Waals surface area contributed by atoms with Crippen LogP contribution in [-0.2, 0) is 10.8 Å². The van der Waals surface area contributed by atoms with Crippen LogP contribution in [0.2, 0.25) is 0 Å². The lowest BCUT2D eigenvalue weighted by molar-refractivity contribution is 0.283. The SMILES string of the molecule is CC(C)(C)CC(C)(C)c1cc(-c2cc(-n3nc4ccccc4n3)cc(C(C)(C)CC(C)(C)C)c2)cc(-n2nc3ccccc3n2)c1. The average molecular weight is 613 g/mol. The molecule has 6 heteroatoms. The minimum absolute atomic E-state index is 0.0806. The Kier molecular flexibility index (Phi) is 7.70. The molecule has 0 aliphatic heterocycles. The van der Waals surface area contributed by atoms with Gasteiger partial charge in [0.2, 0.25) is 0 Å². The van der Waals surface area contributed by atoms with Crippen molar-refractivity contribution in [3.05, 3.63) is 96.1 Å². The van der Waals surface area contributed by atoms with Crippen LogP contribution in [0.5, 0.6) is 0 Å². The third-order valence-electron chi connectivity index (χ3n) is 8.71. The van der Waals surface area contributed by atoms with E-state index in [1.54, 1.807) is 9.59 Å². The molecule has 46 heavy (non-hydrogen) atoms. The summed E-state index contributed by atoms with van der Waals surface area (Å²) in [6.07, 6.45) is 2.07. The van der Waals surface area contributed by atoms with Gasteiger partial charge in [0, 0.05) is 0 Å². The molecular formula is C40H48N6. The highest BCUT2D eigenvalue weighted by atomic mass is 15.5. The number of hydrogen-bond acceptors (Lipinski definition) is 4.